The topological polar surface area (TPSA) is 64.8 Å². The largest absolute Gasteiger partial charge is 0.267 e. The molecule has 1 aromatic heterocycles. The number of nitrogens with zero attached hydrogens (tertiary/aromatic N) is 3. The molecule has 0 radical (unpaired) electrons. The van der Waals surface area contributed by atoms with E-state index in [-0.39, 0.29) is 12.2 Å². The Balaban J connectivity index is 1.82. The third-order valence-electron chi connectivity index (χ3n) is 4.24. The molecule has 0 spiro atoms. The van der Waals surface area contributed by atoms with Crippen LogP contribution in [0.4, 0.5) is 17.6 Å². The number of sulfone groups is 1. The van der Waals surface area contributed by atoms with Gasteiger partial charge in [-0.2, -0.15) is 4.98 Å². The fraction of sp³-hybridized carbons (Fsp3) is 0.429. The van der Waals surface area contributed by atoms with Crippen LogP contribution in [0.5, 0.6) is 0 Å². The van der Waals surface area contributed by atoms with E-state index in [1.807, 2.05) is 0 Å². The first kappa shape index (κ1) is 15.6. The van der Waals surface area contributed by atoms with Gasteiger partial charge in [0.25, 0.3) is 5.16 Å². The fourth-order valence-corrected chi connectivity index (χ4v) is 4.36. The lowest BCUT2D eigenvalue weighted by Crippen LogP contribution is -2.14. The molecule has 0 bridgehead atoms. The molecule has 1 aliphatic heterocycles. The molecule has 1 aromatic carbocycles. The highest BCUT2D eigenvalue weighted by atomic mass is 32.2. The van der Waals surface area contributed by atoms with Crippen molar-refractivity contribution in [2.75, 3.05) is 0 Å². The van der Waals surface area contributed by atoms with Gasteiger partial charge in [-0.15, -0.1) is 5.10 Å². The lowest BCUT2D eigenvalue weighted by atomic mass is 10.0. The maximum absolute atomic E-state index is 14.2. The molecule has 2 aliphatic rings. The molecule has 128 valence electrons. The fourth-order valence-electron chi connectivity index (χ4n) is 2.88. The number of halogens is 4. The highest BCUT2D eigenvalue weighted by Gasteiger charge is 2.44. The minimum absolute atomic E-state index is 0.275. The van der Waals surface area contributed by atoms with Crippen molar-refractivity contribution in [1.29, 1.82) is 0 Å². The predicted molar refractivity (Wildman–Crippen MR) is 73.2 cm³/mol. The van der Waals surface area contributed by atoms with E-state index in [9.17, 15) is 26.0 Å². The molecule has 2 unspecified atom stereocenters. The summed E-state index contributed by atoms with van der Waals surface area (Å²) in [5.74, 6) is -4.01. The Bertz CT molecular complexity index is 940. The Morgan fingerprint density at radius 3 is 2.54 bits per heavy atom. The van der Waals surface area contributed by atoms with Crippen LogP contribution in [0, 0.1) is 17.5 Å². The van der Waals surface area contributed by atoms with Crippen LogP contribution in [0.1, 0.15) is 42.9 Å². The first-order valence-corrected chi connectivity index (χ1v) is 8.82. The number of rotatable bonds is 3. The van der Waals surface area contributed by atoms with Gasteiger partial charge >= 0.3 is 0 Å². The van der Waals surface area contributed by atoms with E-state index in [1.54, 1.807) is 0 Å². The summed E-state index contributed by atoms with van der Waals surface area (Å²) in [7, 11) is -3.75. The first-order chi connectivity index (χ1) is 11.3. The minimum atomic E-state index is -3.75. The molecule has 2 aromatic rings. The number of alkyl halides is 1. The van der Waals surface area contributed by atoms with E-state index in [1.165, 1.54) is 0 Å². The zero-order valence-electron chi connectivity index (χ0n) is 12.1. The summed E-state index contributed by atoms with van der Waals surface area (Å²) in [6.45, 7) is 0. The monoisotopic (exact) mass is 361 g/mol. The summed E-state index contributed by atoms with van der Waals surface area (Å²) < 4.78 is 80.2. The van der Waals surface area contributed by atoms with Crippen molar-refractivity contribution in [3.05, 3.63) is 41.0 Å². The van der Waals surface area contributed by atoms with Gasteiger partial charge in [-0.05, 0) is 18.9 Å². The van der Waals surface area contributed by atoms with Crippen molar-refractivity contribution in [2.24, 2.45) is 0 Å². The molecule has 1 fully saturated rings. The van der Waals surface area contributed by atoms with Crippen molar-refractivity contribution >= 4 is 9.84 Å². The number of benzene rings is 1. The van der Waals surface area contributed by atoms with E-state index >= 15 is 0 Å². The SMILES string of the molecule is O=S(=O)(c1nc2n(n1)C(c1cc(F)cc(F)c1F)CC2F)C1CC1. The standard InChI is InChI=1S/C14H11F4N3O2S/c15-6-3-8(12(18)9(16)4-6)11-5-10(17)13-19-14(20-21(11)13)24(22,23)7-1-2-7/h3-4,7,10-11H,1-2,5H2. The Morgan fingerprint density at radius 2 is 1.88 bits per heavy atom. The Kier molecular flexibility index (Phi) is 3.25. The zero-order chi connectivity index (χ0) is 17.2. The van der Waals surface area contributed by atoms with E-state index in [0.717, 1.165) is 10.7 Å². The Labute approximate surface area is 134 Å². The van der Waals surface area contributed by atoms with Crippen LogP contribution < -0.4 is 0 Å². The van der Waals surface area contributed by atoms with Crippen LogP contribution >= 0.6 is 0 Å². The molecule has 1 aliphatic carbocycles. The van der Waals surface area contributed by atoms with Crippen molar-refractivity contribution in [3.8, 4) is 0 Å². The van der Waals surface area contributed by atoms with Gasteiger partial charge in [0.15, 0.2) is 23.6 Å². The maximum atomic E-state index is 14.2. The molecule has 24 heavy (non-hydrogen) atoms. The predicted octanol–water partition coefficient (Wildman–Crippen LogP) is 2.64. The van der Waals surface area contributed by atoms with Crippen LogP contribution in [-0.4, -0.2) is 28.4 Å². The summed E-state index contributed by atoms with van der Waals surface area (Å²) in [6, 6.07) is -0.0241. The van der Waals surface area contributed by atoms with Gasteiger partial charge in [0.2, 0.25) is 9.84 Å². The van der Waals surface area contributed by atoms with Crippen LogP contribution in [0.3, 0.4) is 0 Å². The van der Waals surface area contributed by atoms with E-state index in [2.05, 4.69) is 10.1 Å². The molecular weight excluding hydrogens is 350 g/mol. The van der Waals surface area contributed by atoms with E-state index < -0.39 is 55.5 Å². The minimum Gasteiger partial charge on any atom is -0.239 e. The van der Waals surface area contributed by atoms with Crippen LogP contribution in [0.25, 0.3) is 0 Å². The van der Waals surface area contributed by atoms with Crippen LogP contribution in [-0.2, 0) is 9.84 Å². The molecule has 2 atom stereocenters. The summed E-state index contributed by atoms with van der Waals surface area (Å²) >= 11 is 0. The average Bonchev–Trinajstić information content (AvgIpc) is 3.20. The smallest absolute Gasteiger partial charge is 0.239 e. The van der Waals surface area contributed by atoms with Crippen LogP contribution in [0.2, 0.25) is 0 Å². The van der Waals surface area contributed by atoms with Gasteiger partial charge in [0.1, 0.15) is 5.82 Å². The van der Waals surface area contributed by atoms with Gasteiger partial charge in [0, 0.05) is 18.1 Å². The number of hydrogen-bond donors (Lipinski definition) is 0. The maximum Gasteiger partial charge on any atom is 0.267 e. The third kappa shape index (κ3) is 2.23. The summed E-state index contributed by atoms with van der Waals surface area (Å²) in [4.78, 5) is 3.73. The molecule has 5 nitrogen and oxygen atoms in total. The second kappa shape index (κ2) is 5.01. The van der Waals surface area contributed by atoms with Crippen molar-refractivity contribution in [2.45, 2.75) is 41.9 Å². The Morgan fingerprint density at radius 1 is 1.17 bits per heavy atom. The molecule has 0 saturated heterocycles. The normalized spacial score (nSPS) is 23.5. The lowest BCUT2D eigenvalue weighted by molar-refractivity contribution is 0.324. The summed E-state index contributed by atoms with van der Waals surface area (Å²) in [5.41, 5.74) is -0.422. The lowest BCUT2D eigenvalue weighted by Gasteiger charge is -2.13. The van der Waals surface area contributed by atoms with Crippen molar-refractivity contribution in [1.82, 2.24) is 14.8 Å². The van der Waals surface area contributed by atoms with Gasteiger partial charge in [-0.1, -0.05) is 0 Å². The molecule has 4 rings (SSSR count). The van der Waals surface area contributed by atoms with Crippen molar-refractivity contribution in [3.63, 3.8) is 0 Å². The third-order valence-corrected chi connectivity index (χ3v) is 6.27. The zero-order valence-corrected chi connectivity index (χ0v) is 12.9. The van der Waals surface area contributed by atoms with Gasteiger partial charge in [-0.3, -0.25) is 0 Å². The molecule has 0 amide bonds. The highest BCUT2D eigenvalue weighted by molar-refractivity contribution is 7.92. The number of fused-ring (bicyclic) bond motifs is 1. The van der Waals surface area contributed by atoms with Gasteiger partial charge < -0.3 is 0 Å². The quantitative estimate of drug-likeness (QED) is 0.623. The average molecular weight is 361 g/mol. The molecule has 0 N–H and O–H groups in total. The molecular formula is C14H11F4N3O2S. The van der Waals surface area contributed by atoms with Gasteiger partial charge in [-0.25, -0.2) is 30.7 Å². The molecule has 1 saturated carbocycles. The van der Waals surface area contributed by atoms with Crippen molar-refractivity contribution < 1.29 is 26.0 Å². The second-order valence-corrected chi connectivity index (χ2v) is 8.07. The number of aromatic nitrogens is 3. The Hall–Kier alpha value is -1.97. The summed E-state index contributed by atoms with van der Waals surface area (Å²) in [6.07, 6.45) is -1.05. The molecule has 10 heteroatoms. The summed E-state index contributed by atoms with van der Waals surface area (Å²) in [5, 5.41) is 2.69. The van der Waals surface area contributed by atoms with E-state index in [0.29, 0.717) is 18.9 Å². The van der Waals surface area contributed by atoms with Gasteiger partial charge in [0.05, 0.1) is 11.3 Å². The second-order valence-electron chi connectivity index (χ2n) is 5.95. The molecule has 2 heterocycles. The highest BCUT2D eigenvalue weighted by Crippen LogP contribution is 2.42. The van der Waals surface area contributed by atoms with Crippen LogP contribution in [0.15, 0.2) is 17.3 Å². The first-order valence-electron chi connectivity index (χ1n) is 7.28. The van der Waals surface area contributed by atoms with E-state index in [4.69, 9.17) is 0 Å². The number of hydrogen-bond acceptors (Lipinski definition) is 4.